The van der Waals surface area contributed by atoms with Gasteiger partial charge in [-0.15, -0.1) is 0 Å². The molecule has 0 aromatic rings. The minimum atomic E-state index is -0.0553. The van der Waals surface area contributed by atoms with Crippen molar-refractivity contribution >= 4 is 0 Å². The van der Waals surface area contributed by atoms with Gasteiger partial charge in [-0.3, -0.25) is 0 Å². The molecule has 1 unspecified atom stereocenters. The highest BCUT2D eigenvalue weighted by Crippen LogP contribution is 2.32. The molecule has 0 aromatic heterocycles. The Morgan fingerprint density at radius 2 is 2.07 bits per heavy atom. The summed E-state index contributed by atoms with van der Waals surface area (Å²) >= 11 is 0. The third-order valence-electron chi connectivity index (χ3n) is 3.89. The van der Waals surface area contributed by atoms with E-state index >= 15 is 0 Å². The van der Waals surface area contributed by atoms with Gasteiger partial charge in [0.2, 0.25) is 0 Å². The summed E-state index contributed by atoms with van der Waals surface area (Å²) in [5, 5.41) is 3.41. The van der Waals surface area contributed by atoms with Gasteiger partial charge in [0.05, 0.1) is 12.2 Å². The predicted molar refractivity (Wildman–Crippen MR) is 61.8 cm³/mol. The summed E-state index contributed by atoms with van der Waals surface area (Å²) in [7, 11) is 0. The van der Waals surface area contributed by atoms with Gasteiger partial charge in [-0.1, -0.05) is 32.1 Å². The number of rotatable bonds is 3. The Balaban J connectivity index is 1.87. The third kappa shape index (κ3) is 2.92. The molecule has 0 amide bonds. The van der Waals surface area contributed by atoms with Crippen molar-refractivity contribution < 1.29 is 4.74 Å². The molecule has 0 radical (unpaired) electrons. The van der Waals surface area contributed by atoms with Crippen molar-refractivity contribution in [3.8, 4) is 0 Å². The van der Waals surface area contributed by atoms with Gasteiger partial charge < -0.3 is 15.8 Å². The number of nitrogens with one attached hydrogen (secondary N) is 1. The first-order valence-corrected chi connectivity index (χ1v) is 6.39. The average Bonchev–Trinajstić information content (AvgIpc) is 2.32. The Labute approximate surface area is 92.7 Å². The summed E-state index contributed by atoms with van der Waals surface area (Å²) in [4.78, 5) is 0. The van der Waals surface area contributed by atoms with E-state index in [1.54, 1.807) is 0 Å². The highest BCUT2D eigenvalue weighted by Gasteiger charge is 2.34. The molecule has 1 saturated carbocycles. The third-order valence-corrected chi connectivity index (χ3v) is 3.89. The van der Waals surface area contributed by atoms with Crippen LogP contribution in [0.3, 0.4) is 0 Å². The Morgan fingerprint density at radius 3 is 2.67 bits per heavy atom. The van der Waals surface area contributed by atoms with Gasteiger partial charge in [0.1, 0.15) is 0 Å². The lowest BCUT2D eigenvalue weighted by atomic mass is 9.80. The van der Waals surface area contributed by atoms with Crippen LogP contribution < -0.4 is 11.1 Å². The smallest absolute Gasteiger partial charge is 0.0930 e. The van der Waals surface area contributed by atoms with Crippen LogP contribution in [-0.4, -0.2) is 31.8 Å². The molecule has 1 atom stereocenters. The van der Waals surface area contributed by atoms with Gasteiger partial charge in [0.15, 0.2) is 0 Å². The zero-order chi connectivity index (χ0) is 10.6. The van der Waals surface area contributed by atoms with E-state index in [2.05, 4.69) is 5.32 Å². The van der Waals surface area contributed by atoms with Crippen molar-refractivity contribution in [2.45, 2.75) is 44.1 Å². The lowest BCUT2D eigenvalue weighted by Crippen LogP contribution is -2.55. The standard InChI is InChI=1S/C12H24N2O/c13-9-12(10-14-6-7-15-12)8-11-4-2-1-3-5-11/h11,14H,1-10,13H2. The highest BCUT2D eigenvalue weighted by atomic mass is 16.5. The first kappa shape index (κ1) is 11.4. The molecular weight excluding hydrogens is 188 g/mol. The van der Waals surface area contributed by atoms with Crippen molar-refractivity contribution in [3.05, 3.63) is 0 Å². The fraction of sp³-hybridized carbons (Fsp3) is 1.00. The van der Waals surface area contributed by atoms with E-state index in [1.807, 2.05) is 0 Å². The number of nitrogens with two attached hydrogens (primary N) is 1. The number of hydrogen-bond acceptors (Lipinski definition) is 3. The van der Waals surface area contributed by atoms with Crippen LogP contribution in [0.4, 0.5) is 0 Å². The van der Waals surface area contributed by atoms with Crippen LogP contribution in [0.25, 0.3) is 0 Å². The van der Waals surface area contributed by atoms with Crippen molar-refractivity contribution in [1.29, 1.82) is 0 Å². The molecular formula is C12H24N2O. The first-order valence-electron chi connectivity index (χ1n) is 6.39. The Hall–Kier alpha value is -0.120. The quantitative estimate of drug-likeness (QED) is 0.740. The van der Waals surface area contributed by atoms with E-state index in [0.29, 0.717) is 6.54 Å². The molecule has 2 fully saturated rings. The molecule has 0 aromatic carbocycles. The summed E-state index contributed by atoms with van der Waals surface area (Å²) in [6.45, 7) is 3.41. The van der Waals surface area contributed by atoms with Crippen molar-refractivity contribution in [2.24, 2.45) is 11.7 Å². The molecule has 3 nitrogen and oxygen atoms in total. The van der Waals surface area contributed by atoms with Gasteiger partial charge in [0, 0.05) is 19.6 Å². The maximum Gasteiger partial charge on any atom is 0.0930 e. The summed E-state index contributed by atoms with van der Waals surface area (Å²) in [6.07, 6.45) is 8.15. The fourth-order valence-corrected chi connectivity index (χ4v) is 2.97. The molecule has 3 heteroatoms. The Kier molecular flexibility index (Phi) is 4.00. The topological polar surface area (TPSA) is 47.3 Å². The Morgan fingerprint density at radius 1 is 1.27 bits per heavy atom. The van der Waals surface area contributed by atoms with Crippen LogP contribution in [0.1, 0.15) is 38.5 Å². The minimum Gasteiger partial charge on any atom is -0.371 e. The second-order valence-corrected chi connectivity index (χ2v) is 5.12. The second-order valence-electron chi connectivity index (χ2n) is 5.12. The molecule has 2 rings (SSSR count). The maximum absolute atomic E-state index is 5.93. The summed E-state index contributed by atoms with van der Waals surface area (Å²) in [5.74, 6) is 0.849. The van der Waals surface area contributed by atoms with Crippen LogP contribution in [0.5, 0.6) is 0 Å². The van der Waals surface area contributed by atoms with E-state index in [0.717, 1.165) is 32.0 Å². The molecule has 3 N–H and O–H groups in total. The fourth-order valence-electron chi connectivity index (χ4n) is 2.97. The van der Waals surface area contributed by atoms with E-state index in [4.69, 9.17) is 10.5 Å². The number of hydrogen-bond donors (Lipinski definition) is 2. The largest absolute Gasteiger partial charge is 0.371 e. The van der Waals surface area contributed by atoms with Gasteiger partial charge in [-0.2, -0.15) is 0 Å². The maximum atomic E-state index is 5.93. The molecule has 88 valence electrons. The normalized spacial score (nSPS) is 34.2. The van der Waals surface area contributed by atoms with Gasteiger partial charge in [0.25, 0.3) is 0 Å². The molecule has 1 aliphatic heterocycles. The van der Waals surface area contributed by atoms with Gasteiger partial charge in [-0.25, -0.2) is 0 Å². The molecule has 1 saturated heterocycles. The van der Waals surface area contributed by atoms with E-state index in [1.165, 1.54) is 32.1 Å². The predicted octanol–water partition coefficient (Wildman–Crippen LogP) is 1.27. The lowest BCUT2D eigenvalue weighted by Gasteiger charge is -2.40. The highest BCUT2D eigenvalue weighted by molar-refractivity contribution is 4.90. The SMILES string of the molecule is NCC1(CC2CCCCC2)CNCCO1. The van der Waals surface area contributed by atoms with Gasteiger partial charge >= 0.3 is 0 Å². The number of morpholine rings is 1. The average molecular weight is 212 g/mol. The van der Waals surface area contributed by atoms with Crippen LogP contribution in [0.15, 0.2) is 0 Å². The van der Waals surface area contributed by atoms with E-state index in [9.17, 15) is 0 Å². The zero-order valence-corrected chi connectivity index (χ0v) is 9.63. The first-order chi connectivity index (χ1) is 7.35. The van der Waals surface area contributed by atoms with Crippen LogP contribution in [-0.2, 0) is 4.74 Å². The molecule has 0 bridgehead atoms. The van der Waals surface area contributed by atoms with Crippen molar-refractivity contribution in [1.82, 2.24) is 5.32 Å². The second kappa shape index (κ2) is 5.28. The summed E-state index contributed by atoms with van der Waals surface area (Å²) < 4.78 is 5.93. The van der Waals surface area contributed by atoms with Crippen molar-refractivity contribution in [3.63, 3.8) is 0 Å². The molecule has 0 spiro atoms. The van der Waals surface area contributed by atoms with Crippen LogP contribution in [0.2, 0.25) is 0 Å². The van der Waals surface area contributed by atoms with Crippen LogP contribution in [0, 0.1) is 5.92 Å². The monoisotopic (exact) mass is 212 g/mol. The van der Waals surface area contributed by atoms with E-state index < -0.39 is 0 Å². The Bertz CT molecular complexity index is 184. The van der Waals surface area contributed by atoms with Crippen LogP contribution >= 0.6 is 0 Å². The zero-order valence-electron chi connectivity index (χ0n) is 9.63. The number of ether oxygens (including phenoxy) is 1. The summed E-state index contributed by atoms with van der Waals surface area (Å²) in [6, 6.07) is 0. The molecule has 15 heavy (non-hydrogen) atoms. The minimum absolute atomic E-state index is 0.0553. The van der Waals surface area contributed by atoms with Gasteiger partial charge in [-0.05, 0) is 12.3 Å². The van der Waals surface area contributed by atoms with E-state index in [-0.39, 0.29) is 5.60 Å². The molecule has 1 aliphatic carbocycles. The molecule has 1 heterocycles. The molecule has 2 aliphatic rings. The van der Waals surface area contributed by atoms with Crippen molar-refractivity contribution in [2.75, 3.05) is 26.2 Å². The lowest BCUT2D eigenvalue weighted by molar-refractivity contribution is -0.0759. The summed E-state index contributed by atoms with van der Waals surface area (Å²) in [5.41, 5.74) is 5.84.